The van der Waals surface area contributed by atoms with Crippen molar-refractivity contribution >= 4 is 17.8 Å². The summed E-state index contributed by atoms with van der Waals surface area (Å²) in [5, 5.41) is 2.80. The van der Waals surface area contributed by atoms with E-state index in [4.69, 9.17) is 0 Å². The summed E-state index contributed by atoms with van der Waals surface area (Å²) in [7, 11) is 0. The number of urea groups is 1. The average molecular weight is 406 g/mol. The Hall–Kier alpha value is -3.22. The van der Waals surface area contributed by atoms with Crippen LogP contribution in [0.5, 0.6) is 0 Å². The largest absolute Gasteiger partial charge is 0.331 e. The van der Waals surface area contributed by atoms with Gasteiger partial charge < -0.3 is 10.2 Å². The molecular formula is C23H26N4O3. The molecule has 156 valence electrons. The van der Waals surface area contributed by atoms with E-state index in [9.17, 15) is 14.4 Å². The normalized spacial score (nSPS) is 20.9. The van der Waals surface area contributed by atoms with Crippen LogP contribution in [0.2, 0.25) is 0 Å². The van der Waals surface area contributed by atoms with Crippen LogP contribution in [0.25, 0.3) is 0 Å². The molecule has 0 bridgehead atoms. The molecule has 1 aliphatic heterocycles. The summed E-state index contributed by atoms with van der Waals surface area (Å²) in [4.78, 5) is 45.6. The molecule has 1 aromatic heterocycles. The monoisotopic (exact) mass is 406 g/mol. The van der Waals surface area contributed by atoms with Crippen LogP contribution in [0.15, 0.2) is 48.7 Å². The van der Waals surface area contributed by atoms with Crippen molar-refractivity contribution in [2.75, 3.05) is 6.54 Å². The first-order valence-corrected chi connectivity index (χ1v) is 10.2. The number of hydrogen-bond donors (Lipinski definition) is 1. The number of benzene rings is 1. The van der Waals surface area contributed by atoms with Gasteiger partial charge in [0, 0.05) is 12.7 Å². The van der Waals surface area contributed by atoms with E-state index < -0.39 is 11.6 Å². The fourth-order valence-corrected chi connectivity index (χ4v) is 3.98. The fourth-order valence-electron chi connectivity index (χ4n) is 3.98. The van der Waals surface area contributed by atoms with Gasteiger partial charge in [-0.25, -0.2) is 4.79 Å². The van der Waals surface area contributed by atoms with E-state index in [0.717, 1.165) is 34.6 Å². The third-order valence-electron chi connectivity index (χ3n) is 5.88. The second kappa shape index (κ2) is 7.89. The first kappa shape index (κ1) is 20.1. The van der Waals surface area contributed by atoms with E-state index in [-0.39, 0.29) is 24.3 Å². The summed E-state index contributed by atoms with van der Waals surface area (Å²) in [5.41, 5.74) is 1.95. The molecule has 7 nitrogen and oxygen atoms in total. The van der Waals surface area contributed by atoms with Crippen molar-refractivity contribution in [2.24, 2.45) is 5.92 Å². The molecule has 2 aromatic rings. The fraction of sp³-hybridized carbons (Fsp3) is 0.391. The van der Waals surface area contributed by atoms with Crippen molar-refractivity contribution in [3.63, 3.8) is 0 Å². The minimum absolute atomic E-state index is 0.158. The Balaban J connectivity index is 1.53. The lowest BCUT2D eigenvalue weighted by Crippen LogP contribution is -2.47. The van der Waals surface area contributed by atoms with Gasteiger partial charge in [0.25, 0.3) is 5.91 Å². The van der Waals surface area contributed by atoms with Crippen molar-refractivity contribution in [1.82, 2.24) is 20.1 Å². The quantitative estimate of drug-likeness (QED) is 0.717. The highest BCUT2D eigenvalue weighted by Crippen LogP contribution is 2.42. The summed E-state index contributed by atoms with van der Waals surface area (Å²) < 4.78 is 0. The number of amides is 4. The van der Waals surface area contributed by atoms with Gasteiger partial charge in [0.15, 0.2) is 0 Å². The molecule has 4 amide bonds. The molecule has 4 rings (SSSR count). The molecule has 2 fully saturated rings. The van der Waals surface area contributed by atoms with Crippen LogP contribution in [0.1, 0.15) is 36.6 Å². The number of aromatic nitrogens is 1. The predicted octanol–water partition coefficient (Wildman–Crippen LogP) is 2.64. The zero-order valence-corrected chi connectivity index (χ0v) is 17.3. The molecule has 0 spiro atoms. The number of carbonyl (C=O) groups is 3. The van der Waals surface area contributed by atoms with Crippen LogP contribution in [0, 0.1) is 12.8 Å². The Labute approximate surface area is 176 Å². The summed E-state index contributed by atoms with van der Waals surface area (Å²) in [5.74, 6) is -0.437. The van der Waals surface area contributed by atoms with Gasteiger partial charge in [-0.05, 0) is 50.3 Å². The Kier molecular flexibility index (Phi) is 5.28. The molecule has 1 aromatic carbocycles. The summed E-state index contributed by atoms with van der Waals surface area (Å²) >= 11 is 0. The van der Waals surface area contributed by atoms with Crippen molar-refractivity contribution in [3.8, 4) is 0 Å². The zero-order chi connectivity index (χ0) is 21.3. The lowest BCUT2D eigenvalue weighted by atomic mass is 9.96. The molecule has 7 heteroatoms. The van der Waals surface area contributed by atoms with Gasteiger partial charge in [0.1, 0.15) is 12.1 Å². The highest BCUT2D eigenvalue weighted by Gasteiger charge is 2.56. The third kappa shape index (κ3) is 4.06. The van der Waals surface area contributed by atoms with Gasteiger partial charge in [0.05, 0.1) is 12.2 Å². The third-order valence-corrected chi connectivity index (χ3v) is 5.88. The van der Waals surface area contributed by atoms with Gasteiger partial charge in [0.2, 0.25) is 5.91 Å². The highest BCUT2D eigenvalue weighted by atomic mass is 16.2. The Bertz CT molecular complexity index is 973. The molecule has 1 saturated carbocycles. The second-order valence-corrected chi connectivity index (χ2v) is 8.36. The van der Waals surface area contributed by atoms with E-state index >= 15 is 0 Å². The minimum atomic E-state index is -0.889. The number of rotatable bonds is 7. The molecule has 1 unspecified atom stereocenters. The first-order chi connectivity index (χ1) is 14.4. The maximum atomic E-state index is 13.2. The van der Waals surface area contributed by atoms with Crippen molar-refractivity contribution < 1.29 is 14.4 Å². The van der Waals surface area contributed by atoms with Gasteiger partial charge in [-0.1, -0.05) is 35.9 Å². The first-order valence-electron chi connectivity index (χ1n) is 10.2. The predicted molar refractivity (Wildman–Crippen MR) is 111 cm³/mol. The van der Waals surface area contributed by atoms with E-state index in [2.05, 4.69) is 10.3 Å². The van der Waals surface area contributed by atoms with Crippen LogP contribution >= 0.6 is 0 Å². The number of carbonyl (C=O) groups excluding carboxylic acids is 3. The maximum Gasteiger partial charge on any atom is 0.325 e. The topological polar surface area (TPSA) is 82.6 Å². The number of nitrogens with zero attached hydrogens (tertiary/aromatic N) is 3. The number of pyridine rings is 1. The Morgan fingerprint density at radius 1 is 1.20 bits per heavy atom. The van der Waals surface area contributed by atoms with E-state index in [1.807, 2.05) is 49.4 Å². The lowest BCUT2D eigenvalue weighted by molar-refractivity contribution is -0.139. The number of nitrogens with one attached hydrogen (secondary N) is 1. The van der Waals surface area contributed by atoms with Crippen LogP contribution in [0.4, 0.5) is 4.79 Å². The van der Waals surface area contributed by atoms with Gasteiger partial charge >= 0.3 is 6.03 Å². The van der Waals surface area contributed by atoms with Gasteiger partial charge in [-0.15, -0.1) is 0 Å². The summed E-state index contributed by atoms with van der Waals surface area (Å²) in [6.45, 7) is 4.16. The summed E-state index contributed by atoms with van der Waals surface area (Å²) in [6.07, 6.45) is 3.52. The SMILES string of the molecule is Cc1cccc(CN(Cc2ccccn2)C(=O)CN2C(=O)NC(C)(C3CC3)C2=O)c1. The van der Waals surface area contributed by atoms with Crippen molar-refractivity contribution in [2.45, 2.75) is 45.3 Å². The smallest absolute Gasteiger partial charge is 0.325 e. The highest BCUT2D eigenvalue weighted by molar-refractivity contribution is 6.09. The van der Waals surface area contributed by atoms with Gasteiger partial charge in [-0.3, -0.25) is 19.5 Å². The van der Waals surface area contributed by atoms with Crippen molar-refractivity contribution in [3.05, 3.63) is 65.5 Å². The second-order valence-electron chi connectivity index (χ2n) is 8.36. The summed E-state index contributed by atoms with van der Waals surface area (Å²) in [6, 6.07) is 13.0. The Morgan fingerprint density at radius 3 is 2.67 bits per heavy atom. The average Bonchev–Trinajstić information content (AvgIpc) is 3.54. The molecule has 1 aliphatic carbocycles. The molecule has 30 heavy (non-hydrogen) atoms. The molecular weight excluding hydrogens is 380 g/mol. The van der Waals surface area contributed by atoms with E-state index in [1.165, 1.54) is 0 Å². The van der Waals surface area contributed by atoms with Crippen molar-refractivity contribution in [1.29, 1.82) is 0 Å². The number of imide groups is 1. The molecule has 1 saturated heterocycles. The van der Waals surface area contributed by atoms with Crippen LogP contribution in [0.3, 0.4) is 0 Å². The maximum absolute atomic E-state index is 13.2. The van der Waals surface area contributed by atoms with Gasteiger partial charge in [-0.2, -0.15) is 0 Å². The number of hydrogen-bond acceptors (Lipinski definition) is 4. The molecule has 2 aliphatic rings. The number of aryl methyl sites for hydroxylation is 1. The standard InChI is InChI=1S/C23H26N4O3/c1-16-6-5-7-17(12-16)13-26(14-19-8-3-4-11-24-19)20(28)15-27-21(29)23(2,18-9-10-18)25-22(27)30/h3-8,11-12,18H,9-10,13-15H2,1-2H3,(H,25,30). The van der Waals surface area contributed by atoms with E-state index in [1.54, 1.807) is 18.0 Å². The molecule has 1 N–H and O–H groups in total. The zero-order valence-electron chi connectivity index (χ0n) is 17.3. The molecule has 2 heterocycles. The van der Waals surface area contributed by atoms with Crippen LogP contribution in [-0.2, 0) is 22.7 Å². The molecule has 0 radical (unpaired) electrons. The lowest BCUT2D eigenvalue weighted by Gasteiger charge is -2.25. The van der Waals surface area contributed by atoms with Crippen LogP contribution in [-0.4, -0.2) is 44.7 Å². The molecule has 1 atom stereocenters. The minimum Gasteiger partial charge on any atom is -0.331 e. The van der Waals surface area contributed by atoms with Crippen LogP contribution < -0.4 is 5.32 Å². The van der Waals surface area contributed by atoms with E-state index in [0.29, 0.717) is 13.1 Å². The Morgan fingerprint density at radius 2 is 2.00 bits per heavy atom.